The standard InChI is InChI=1S/C11H13NO2/c13-9-12-8-4-7-11(14)10-5-2-1-3-6-10/h1-3,5-6,11,14H,4,7-8H2. The summed E-state index contributed by atoms with van der Waals surface area (Å²) in [5.41, 5.74) is 0.905. The van der Waals surface area contributed by atoms with E-state index >= 15 is 0 Å². The summed E-state index contributed by atoms with van der Waals surface area (Å²) >= 11 is 0. The van der Waals surface area contributed by atoms with Gasteiger partial charge < -0.3 is 5.11 Å². The molecule has 3 nitrogen and oxygen atoms in total. The van der Waals surface area contributed by atoms with Crippen LogP contribution in [0, 0.1) is 0 Å². The smallest absolute Gasteiger partial charge is 0.234 e. The third-order valence-corrected chi connectivity index (χ3v) is 2.00. The van der Waals surface area contributed by atoms with Crippen LogP contribution < -0.4 is 0 Å². The average molecular weight is 191 g/mol. The largest absolute Gasteiger partial charge is 0.388 e. The van der Waals surface area contributed by atoms with Gasteiger partial charge in [0.15, 0.2) is 0 Å². The van der Waals surface area contributed by atoms with Gasteiger partial charge in [0.2, 0.25) is 6.08 Å². The molecule has 3 heteroatoms. The molecule has 0 aliphatic rings. The van der Waals surface area contributed by atoms with Crippen LogP contribution in [0.4, 0.5) is 0 Å². The molecule has 1 aromatic carbocycles. The lowest BCUT2D eigenvalue weighted by Crippen LogP contribution is -1.97. The number of hydrogen-bond acceptors (Lipinski definition) is 3. The Labute approximate surface area is 83.1 Å². The van der Waals surface area contributed by atoms with E-state index in [2.05, 4.69) is 4.99 Å². The Morgan fingerprint density at radius 3 is 2.71 bits per heavy atom. The molecular weight excluding hydrogens is 178 g/mol. The third-order valence-electron chi connectivity index (χ3n) is 2.00. The minimum Gasteiger partial charge on any atom is -0.388 e. The number of benzene rings is 1. The highest BCUT2D eigenvalue weighted by molar-refractivity contribution is 5.32. The molecule has 0 aromatic heterocycles. The molecule has 1 N–H and O–H groups in total. The van der Waals surface area contributed by atoms with Crippen LogP contribution in [-0.4, -0.2) is 17.7 Å². The van der Waals surface area contributed by atoms with Crippen LogP contribution >= 0.6 is 0 Å². The van der Waals surface area contributed by atoms with Crippen molar-refractivity contribution in [3.8, 4) is 0 Å². The minimum absolute atomic E-state index is 0.438. The number of hydrogen-bond donors (Lipinski definition) is 1. The predicted molar refractivity (Wildman–Crippen MR) is 53.6 cm³/mol. The highest BCUT2D eigenvalue weighted by Gasteiger charge is 2.05. The van der Waals surface area contributed by atoms with Gasteiger partial charge in [-0.1, -0.05) is 30.3 Å². The first kappa shape index (κ1) is 10.6. The lowest BCUT2D eigenvalue weighted by atomic mass is 10.1. The predicted octanol–water partition coefficient (Wildman–Crippen LogP) is 1.84. The molecule has 14 heavy (non-hydrogen) atoms. The number of aliphatic hydroxyl groups is 1. The van der Waals surface area contributed by atoms with Crippen molar-refractivity contribution in [3.05, 3.63) is 35.9 Å². The maximum absolute atomic E-state index is 9.77. The molecule has 0 radical (unpaired) electrons. The van der Waals surface area contributed by atoms with Crippen LogP contribution in [0.25, 0.3) is 0 Å². The molecule has 0 aliphatic heterocycles. The van der Waals surface area contributed by atoms with Crippen LogP contribution in [-0.2, 0) is 4.79 Å². The molecule has 0 heterocycles. The molecule has 0 fully saturated rings. The van der Waals surface area contributed by atoms with E-state index in [1.807, 2.05) is 30.3 Å². The van der Waals surface area contributed by atoms with E-state index in [-0.39, 0.29) is 0 Å². The summed E-state index contributed by atoms with van der Waals surface area (Å²) in [5, 5.41) is 9.68. The van der Waals surface area contributed by atoms with Crippen molar-refractivity contribution < 1.29 is 9.90 Å². The first-order valence-corrected chi connectivity index (χ1v) is 4.61. The minimum atomic E-state index is -0.460. The van der Waals surface area contributed by atoms with Gasteiger partial charge in [-0.2, -0.15) is 0 Å². The fourth-order valence-electron chi connectivity index (χ4n) is 1.25. The Morgan fingerprint density at radius 2 is 2.07 bits per heavy atom. The van der Waals surface area contributed by atoms with Gasteiger partial charge in [0.05, 0.1) is 12.6 Å². The zero-order chi connectivity index (χ0) is 10.2. The van der Waals surface area contributed by atoms with Gasteiger partial charge in [0, 0.05) is 0 Å². The molecule has 0 amide bonds. The van der Waals surface area contributed by atoms with Gasteiger partial charge in [0.25, 0.3) is 0 Å². The van der Waals surface area contributed by atoms with E-state index in [1.165, 1.54) is 6.08 Å². The first-order chi connectivity index (χ1) is 6.84. The summed E-state index contributed by atoms with van der Waals surface area (Å²) in [6.07, 6.45) is 2.33. The van der Waals surface area contributed by atoms with E-state index in [9.17, 15) is 9.90 Å². The number of aliphatic imine (C=N–C) groups is 1. The SMILES string of the molecule is O=C=NCCCC(O)c1ccccc1. The summed E-state index contributed by atoms with van der Waals surface area (Å²) < 4.78 is 0. The molecule has 0 saturated carbocycles. The van der Waals surface area contributed by atoms with E-state index in [1.54, 1.807) is 0 Å². The second kappa shape index (κ2) is 6.08. The van der Waals surface area contributed by atoms with E-state index in [0.717, 1.165) is 5.56 Å². The Balaban J connectivity index is 2.35. The molecular formula is C11H13NO2. The Bertz CT molecular complexity index is 304. The normalized spacial score (nSPS) is 11.8. The van der Waals surface area contributed by atoms with Gasteiger partial charge in [0.1, 0.15) is 0 Å². The lowest BCUT2D eigenvalue weighted by molar-refractivity contribution is 0.165. The molecule has 1 aromatic rings. The molecule has 0 bridgehead atoms. The first-order valence-electron chi connectivity index (χ1n) is 4.61. The van der Waals surface area contributed by atoms with E-state index in [0.29, 0.717) is 19.4 Å². The average Bonchev–Trinajstić information content (AvgIpc) is 2.25. The van der Waals surface area contributed by atoms with Crippen molar-refractivity contribution in [2.45, 2.75) is 18.9 Å². The molecule has 0 saturated heterocycles. The topological polar surface area (TPSA) is 49.7 Å². The number of aliphatic hydroxyl groups excluding tert-OH is 1. The van der Waals surface area contributed by atoms with E-state index < -0.39 is 6.10 Å². The van der Waals surface area contributed by atoms with Crippen LogP contribution in [0.2, 0.25) is 0 Å². The second-order valence-electron chi connectivity index (χ2n) is 3.04. The maximum atomic E-state index is 9.77. The zero-order valence-electron chi connectivity index (χ0n) is 7.89. The van der Waals surface area contributed by atoms with Crippen LogP contribution in [0.15, 0.2) is 35.3 Å². The number of isocyanates is 1. The van der Waals surface area contributed by atoms with Gasteiger partial charge in [-0.15, -0.1) is 0 Å². The molecule has 1 atom stereocenters. The second-order valence-corrected chi connectivity index (χ2v) is 3.04. The van der Waals surface area contributed by atoms with E-state index in [4.69, 9.17) is 0 Å². The van der Waals surface area contributed by atoms with Crippen molar-refractivity contribution in [2.75, 3.05) is 6.54 Å². The third kappa shape index (κ3) is 3.52. The van der Waals surface area contributed by atoms with Gasteiger partial charge in [-0.3, -0.25) is 0 Å². The van der Waals surface area contributed by atoms with Gasteiger partial charge in [-0.25, -0.2) is 9.79 Å². The van der Waals surface area contributed by atoms with Crippen molar-refractivity contribution in [1.29, 1.82) is 0 Å². The van der Waals surface area contributed by atoms with Crippen molar-refractivity contribution in [3.63, 3.8) is 0 Å². The number of nitrogens with zero attached hydrogens (tertiary/aromatic N) is 1. The van der Waals surface area contributed by atoms with Gasteiger partial charge >= 0.3 is 0 Å². The van der Waals surface area contributed by atoms with Crippen LogP contribution in [0.5, 0.6) is 0 Å². The fourth-order valence-corrected chi connectivity index (χ4v) is 1.25. The highest BCUT2D eigenvalue weighted by Crippen LogP contribution is 2.17. The zero-order valence-corrected chi connectivity index (χ0v) is 7.89. The molecule has 0 spiro atoms. The van der Waals surface area contributed by atoms with Crippen LogP contribution in [0.1, 0.15) is 24.5 Å². The Morgan fingerprint density at radius 1 is 1.36 bits per heavy atom. The molecule has 1 rings (SSSR count). The summed E-state index contributed by atoms with van der Waals surface area (Å²) in [5.74, 6) is 0. The summed E-state index contributed by atoms with van der Waals surface area (Å²) in [7, 11) is 0. The number of rotatable bonds is 5. The summed E-state index contributed by atoms with van der Waals surface area (Å²) in [6, 6.07) is 9.46. The van der Waals surface area contributed by atoms with Crippen molar-refractivity contribution in [1.82, 2.24) is 0 Å². The fraction of sp³-hybridized carbons (Fsp3) is 0.364. The Kier molecular flexibility index (Phi) is 4.62. The van der Waals surface area contributed by atoms with Crippen molar-refractivity contribution >= 4 is 6.08 Å². The molecule has 74 valence electrons. The summed E-state index contributed by atoms with van der Waals surface area (Å²) in [6.45, 7) is 0.438. The van der Waals surface area contributed by atoms with Crippen LogP contribution in [0.3, 0.4) is 0 Å². The lowest BCUT2D eigenvalue weighted by Gasteiger charge is -2.08. The Hall–Kier alpha value is -1.44. The highest BCUT2D eigenvalue weighted by atomic mass is 16.3. The quantitative estimate of drug-likeness (QED) is 0.438. The summed E-state index contributed by atoms with van der Waals surface area (Å²) in [4.78, 5) is 13.2. The van der Waals surface area contributed by atoms with Crippen molar-refractivity contribution in [2.24, 2.45) is 4.99 Å². The molecule has 0 aliphatic carbocycles. The van der Waals surface area contributed by atoms with Gasteiger partial charge in [-0.05, 0) is 18.4 Å². The maximum Gasteiger partial charge on any atom is 0.234 e. The molecule has 1 unspecified atom stereocenters. The monoisotopic (exact) mass is 191 g/mol. The number of carbonyl (C=O) groups excluding carboxylic acids is 1.